The summed E-state index contributed by atoms with van der Waals surface area (Å²) in [6.07, 6.45) is 2.11. The van der Waals surface area contributed by atoms with Crippen molar-refractivity contribution >= 4 is 40.5 Å². The van der Waals surface area contributed by atoms with Gasteiger partial charge in [-0.15, -0.1) is 0 Å². The van der Waals surface area contributed by atoms with Crippen molar-refractivity contribution in [1.29, 1.82) is 0 Å². The van der Waals surface area contributed by atoms with Crippen molar-refractivity contribution < 1.29 is 14.3 Å². The number of rotatable bonds is 4. The molecule has 0 bridgehead atoms. The molecule has 26 heavy (non-hydrogen) atoms. The molecule has 0 aliphatic heterocycles. The molecule has 0 spiro atoms. The molecule has 3 rings (SSSR count). The molecule has 2 atom stereocenters. The Morgan fingerprint density at radius 2 is 1.62 bits per heavy atom. The van der Waals surface area contributed by atoms with Gasteiger partial charge in [0.15, 0.2) is 5.78 Å². The number of ether oxygens (including phenoxy) is 1. The van der Waals surface area contributed by atoms with E-state index in [4.69, 9.17) is 27.9 Å². The number of hydrogen-bond donors (Lipinski definition) is 0. The van der Waals surface area contributed by atoms with Gasteiger partial charge < -0.3 is 4.74 Å². The van der Waals surface area contributed by atoms with Gasteiger partial charge in [-0.3, -0.25) is 9.59 Å². The van der Waals surface area contributed by atoms with Crippen LogP contribution in [0.4, 0.5) is 0 Å². The van der Waals surface area contributed by atoms with Crippen LogP contribution in [-0.4, -0.2) is 18.4 Å². The van der Waals surface area contributed by atoms with Crippen molar-refractivity contribution in [2.75, 3.05) is 6.61 Å². The lowest BCUT2D eigenvalue weighted by molar-refractivity contribution is -0.151. The summed E-state index contributed by atoms with van der Waals surface area (Å²) in [6, 6.07) is 14.6. The van der Waals surface area contributed by atoms with Gasteiger partial charge in [0.2, 0.25) is 0 Å². The van der Waals surface area contributed by atoms with Gasteiger partial charge in [-0.25, -0.2) is 0 Å². The standard InChI is InChI=1S/C21H18Cl2O3/c1-2-26-21(25)20-18(14-5-9-17(23)10-6-14)11-15(12-19(20)24)13-3-7-16(22)8-4-13/h3-10,12,18,20H,2,11H2,1H3/t18-,20-/m1/s1. The van der Waals surface area contributed by atoms with Crippen LogP contribution in [0.5, 0.6) is 0 Å². The Hall–Kier alpha value is -2.10. The summed E-state index contributed by atoms with van der Waals surface area (Å²) in [5.41, 5.74) is 2.69. The zero-order valence-electron chi connectivity index (χ0n) is 14.2. The van der Waals surface area contributed by atoms with Crippen LogP contribution in [0, 0.1) is 5.92 Å². The van der Waals surface area contributed by atoms with Crippen LogP contribution >= 0.6 is 23.2 Å². The molecular formula is C21H18Cl2O3. The quantitative estimate of drug-likeness (QED) is 0.526. The zero-order valence-corrected chi connectivity index (χ0v) is 15.8. The second-order valence-corrected chi connectivity index (χ2v) is 7.04. The molecule has 3 nitrogen and oxygen atoms in total. The molecule has 2 aromatic carbocycles. The zero-order chi connectivity index (χ0) is 18.7. The number of benzene rings is 2. The fourth-order valence-corrected chi connectivity index (χ4v) is 3.52. The highest BCUT2D eigenvalue weighted by atomic mass is 35.5. The molecule has 2 aromatic rings. The van der Waals surface area contributed by atoms with E-state index in [9.17, 15) is 9.59 Å². The molecule has 0 radical (unpaired) electrons. The second-order valence-electron chi connectivity index (χ2n) is 6.17. The molecule has 134 valence electrons. The third kappa shape index (κ3) is 4.00. The van der Waals surface area contributed by atoms with Crippen molar-refractivity contribution in [2.45, 2.75) is 19.3 Å². The second kappa shape index (κ2) is 8.07. The van der Waals surface area contributed by atoms with Gasteiger partial charge in [-0.05, 0) is 60.4 Å². The van der Waals surface area contributed by atoms with E-state index in [1.54, 1.807) is 37.3 Å². The average Bonchev–Trinajstić information content (AvgIpc) is 2.62. The summed E-state index contributed by atoms with van der Waals surface area (Å²) >= 11 is 11.9. The maximum absolute atomic E-state index is 12.8. The van der Waals surface area contributed by atoms with Crippen molar-refractivity contribution in [3.05, 3.63) is 75.8 Å². The maximum Gasteiger partial charge on any atom is 0.317 e. The number of hydrogen-bond acceptors (Lipinski definition) is 3. The van der Waals surface area contributed by atoms with Crippen molar-refractivity contribution in [3.63, 3.8) is 0 Å². The highest BCUT2D eigenvalue weighted by molar-refractivity contribution is 6.30. The summed E-state index contributed by atoms with van der Waals surface area (Å²) < 4.78 is 5.15. The van der Waals surface area contributed by atoms with Gasteiger partial charge in [0.05, 0.1) is 6.61 Å². The largest absolute Gasteiger partial charge is 0.465 e. The number of carbonyl (C=O) groups excluding carboxylic acids is 2. The Balaban J connectivity index is 2.01. The van der Waals surface area contributed by atoms with E-state index in [2.05, 4.69) is 0 Å². The number of halogens is 2. The summed E-state index contributed by atoms with van der Waals surface area (Å²) in [5.74, 6) is -1.86. The number of esters is 1. The molecule has 0 saturated carbocycles. The predicted octanol–water partition coefficient (Wildman–Crippen LogP) is 5.31. The lowest BCUT2D eigenvalue weighted by Crippen LogP contribution is -2.34. The Morgan fingerprint density at radius 3 is 2.19 bits per heavy atom. The van der Waals surface area contributed by atoms with E-state index in [0.717, 1.165) is 16.7 Å². The minimum Gasteiger partial charge on any atom is -0.465 e. The first kappa shape index (κ1) is 18.7. The SMILES string of the molecule is CCOC(=O)[C@H]1C(=O)C=C(c2ccc(Cl)cc2)C[C@@H]1c1ccc(Cl)cc1. The average molecular weight is 389 g/mol. The topological polar surface area (TPSA) is 43.4 Å². The van der Waals surface area contributed by atoms with Gasteiger partial charge in [0.1, 0.15) is 5.92 Å². The number of carbonyl (C=O) groups is 2. The van der Waals surface area contributed by atoms with E-state index in [0.29, 0.717) is 16.5 Å². The number of allylic oxidation sites excluding steroid dienone is 2. The van der Waals surface area contributed by atoms with E-state index in [-0.39, 0.29) is 18.3 Å². The van der Waals surface area contributed by atoms with Gasteiger partial charge in [0.25, 0.3) is 0 Å². The van der Waals surface area contributed by atoms with Crippen LogP contribution < -0.4 is 0 Å². The summed E-state index contributed by atoms with van der Waals surface area (Å²) in [7, 11) is 0. The van der Waals surface area contributed by atoms with Gasteiger partial charge in [0, 0.05) is 16.0 Å². The first-order valence-corrected chi connectivity index (χ1v) is 9.17. The molecule has 5 heteroatoms. The van der Waals surface area contributed by atoms with Crippen molar-refractivity contribution in [2.24, 2.45) is 5.92 Å². The van der Waals surface area contributed by atoms with Gasteiger partial charge in [-0.1, -0.05) is 47.5 Å². The first-order chi connectivity index (χ1) is 12.5. The Labute approximate surface area is 162 Å². The van der Waals surface area contributed by atoms with E-state index < -0.39 is 11.9 Å². The third-order valence-corrected chi connectivity index (χ3v) is 5.02. The Kier molecular flexibility index (Phi) is 5.80. The van der Waals surface area contributed by atoms with Crippen molar-refractivity contribution in [1.82, 2.24) is 0 Å². The molecule has 0 N–H and O–H groups in total. The third-order valence-electron chi connectivity index (χ3n) is 4.52. The van der Waals surface area contributed by atoms with Crippen LogP contribution in [0.15, 0.2) is 54.6 Å². The molecule has 0 fully saturated rings. The molecule has 1 aliphatic carbocycles. The van der Waals surface area contributed by atoms with Gasteiger partial charge >= 0.3 is 5.97 Å². The summed E-state index contributed by atoms with van der Waals surface area (Å²) in [6.45, 7) is 1.97. The fourth-order valence-electron chi connectivity index (χ4n) is 3.27. The molecule has 1 aliphatic rings. The van der Waals surface area contributed by atoms with Gasteiger partial charge in [-0.2, -0.15) is 0 Å². The van der Waals surface area contributed by atoms with Crippen LogP contribution in [0.2, 0.25) is 10.0 Å². The molecule has 0 unspecified atom stereocenters. The van der Waals surface area contributed by atoms with Crippen LogP contribution in [0.3, 0.4) is 0 Å². The normalized spacial score (nSPS) is 19.8. The van der Waals surface area contributed by atoms with Crippen LogP contribution in [0.25, 0.3) is 5.57 Å². The molecule has 0 amide bonds. The van der Waals surface area contributed by atoms with E-state index in [1.165, 1.54) is 0 Å². The van der Waals surface area contributed by atoms with Crippen LogP contribution in [-0.2, 0) is 14.3 Å². The number of ketones is 1. The molecular weight excluding hydrogens is 371 g/mol. The minimum atomic E-state index is -0.841. The highest BCUT2D eigenvalue weighted by Crippen LogP contribution is 2.40. The smallest absolute Gasteiger partial charge is 0.317 e. The van der Waals surface area contributed by atoms with E-state index in [1.807, 2.05) is 24.3 Å². The predicted molar refractivity (Wildman–Crippen MR) is 103 cm³/mol. The molecule has 0 heterocycles. The Morgan fingerprint density at radius 1 is 1.04 bits per heavy atom. The molecule has 0 aromatic heterocycles. The summed E-state index contributed by atoms with van der Waals surface area (Å²) in [4.78, 5) is 25.2. The lowest BCUT2D eigenvalue weighted by Gasteiger charge is -2.29. The Bertz CT molecular complexity index is 839. The first-order valence-electron chi connectivity index (χ1n) is 8.42. The highest BCUT2D eigenvalue weighted by Gasteiger charge is 2.39. The van der Waals surface area contributed by atoms with E-state index >= 15 is 0 Å². The van der Waals surface area contributed by atoms with Crippen LogP contribution in [0.1, 0.15) is 30.4 Å². The maximum atomic E-state index is 12.8. The fraction of sp³-hybridized carbons (Fsp3) is 0.238. The molecule has 0 saturated heterocycles. The lowest BCUT2D eigenvalue weighted by atomic mass is 9.73. The van der Waals surface area contributed by atoms with Crippen molar-refractivity contribution in [3.8, 4) is 0 Å². The summed E-state index contributed by atoms with van der Waals surface area (Å²) in [5, 5.41) is 1.24. The minimum absolute atomic E-state index is 0.236. The monoisotopic (exact) mass is 388 g/mol.